The number of amides is 1. The second-order valence-corrected chi connectivity index (χ2v) is 4.18. The number of pyridine rings is 1. The number of carbonyl (C=O) groups excluding carboxylic acids is 1. The molecule has 7 heteroatoms. The fourth-order valence-corrected chi connectivity index (χ4v) is 1.55. The number of nitrogens with one attached hydrogen (secondary N) is 3. The molecule has 2 aromatic rings. The molecule has 0 fully saturated rings. The first-order valence-corrected chi connectivity index (χ1v) is 6.09. The molecule has 0 radical (unpaired) electrons. The molecule has 102 valence electrons. The lowest BCUT2D eigenvalue weighted by Crippen LogP contribution is -2.43. The van der Waals surface area contributed by atoms with Crippen molar-refractivity contribution in [3.05, 3.63) is 60.2 Å². The summed E-state index contributed by atoms with van der Waals surface area (Å²) in [5, 5.41) is 3.00. The number of hydrogen-bond acceptors (Lipinski definition) is 3. The largest absolute Gasteiger partial charge is 0.331 e. The maximum absolute atomic E-state index is 12.7. The van der Waals surface area contributed by atoms with Crippen LogP contribution in [0.15, 0.2) is 48.8 Å². The van der Waals surface area contributed by atoms with Crippen molar-refractivity contribution in [1.82, 2.24) is 15.8 Å². The van der Waals surface area contributed by atoms with Crippen molar-refractivity contribution in [2.75, 3.05) is 5.32 Å². The second-order valence-electron chi connectivity index (χ2n) is 3.78. The van der Waals surface area contributed by atoms with E-state index in [2.05, 4.69) is 21.2 Å². The van der Waals surface area contributed by atoms with Crippen LogP contribution < -0.4 is 16.2 Å². The van der Waals surface area contributed by atoms with E-state index in [0.717, 1.165) is 0 Å². The Bertz CT molecular complexity index is 604. The fraction of sp³-hybridized carbons (Fsp3) is 0. The van der Waals surface area contributed by atoms with Crippen LogP contribution in [0, 0.1) is 5.82 Å². The van der Waals surface area contributed by atoms with Crippen molar-refractivity contribution in [2.24, 2.45) is 0 Å². The summed E-state index contributed by atoms with van der Waals surface area (Å²) in [6, 6.07) is 8.84. The summed E-state index contributed by atoms with van der Waals surface area (Å²) >= 11 is 4.99. The highest BCUT2D eigenvalue weighted by atomic mass is 32.1. The molecule has 1 amide bonds. The molecule has 1 aromatic carbocycles. The van der Waals surface area contributed by atoms with Crippen LogP contribution in [-0.2, 0) is 0 Å². The number of halogens is 1. The maximum atomic E-state index is 12.7. The maximum Gasteiger partial charge on any atom is 0.269 e. The number of aromatic nitrogens is 1. The van der Waals surface area contributed by atoms with E-state index in [9.17, 15) is 9.18 Å². The van der Waals surface area contributed by atoms with Crippen LogP contribution in [0.5, 0.6) is 0 Å². The number of benzene rings is 1. The standard InChI is InChI=1S/C13H11FN4OS/c14-10-1-3-11(4-2-10)16-13(20)18-17-12(19)9-5-7-15-8-6-9/h1-8H,(H,17,19)(H2,16,18,20). The van der Waals surface area contributed by atoms with Gasteiger partial charge >= 0.3 is 0 Å². The molecule has 0 aliphatic heterocycles. The molecule has 0 atom stereocenters. The average Bonchev–Trinajstić information content (AvgIpc) is 2.48. The Hall–Kier alpha value is -2.54. The highest BCUT2D eigenvalue weighted by Crippen LogP contribution is 2.07. The first-order chi connectivity index (χ1) is 9.65. The number of nitrogens with zero attached hydrogens (tertiary/aromatic N) is 1. The molecule has 0 aliphatic carbocycles. The van der Waals surface area contributed by atoms with Crippen LogP contribution >= 0.6 is 12.2 Å². The van der Waals surface area contributed by atoms with Crippen LogP contribution in [0.4, 0.5) is 10.1 Å². The SMILES string of the molecule is O=C(NNC(=S)Nc1ccc(F)cc1)c1ccncc1. The van der Waals surface area contributed by atoms with Crippen molar-refractivity contribution in [1.29, 1.82) is 0 Å². The lowest BCUT2D eigenvalue weighted by molar-refractivity contribution is 0.0944. The Morgan fingerprint density at radius 2 is 1.70 bits per heavy atom. The monoisotopic (exact) mass is 290 g/mol. The molecule has 3 N–H and O–H groups in total. The predicted molar refractivity (Wildman–Crippen MR) is 77.5 cm³/mol. The minimum atomic E-state index is -0.337. The fourth-order valence-electron chi connectivity index (χ4n) is 1.38. The Labute approximate surface area is 120 Å². The highest BCUT2D eigenvalue weighted by Gasteiger charge is 2.04. The number of thiocarbonyl (C=S) groups is 1. The van der Waals surface area contributed by atoms with Gasteiger partial charge in [0.15, 0.2) is 5.11 Å². The van der Waals surface area contributed by atoms with E-state index in [1.165, 1.54) is 36.7 Å². The van der Waals surface area contributed by atoms with E-state index in [0.29, 0.717) is 11.3 Å². The molecular weight excluding hydrogens is 279 g/mol. The molecule has 0 saturated carbocycles. The molecule has 2 rings (SSSR count). The van der Waals surface area contributed by atoms with Crippen molar-refractivity contribution < 1.29 is 9.18 Å². The molecule has 5 nitrogen and oxygen atoms in total. The average molecular weight is 290 g/mol. The number of rotatable bonds is 2. The van der Waals surface area contributed by atoms with Crippen LogP contribution in [0.1, 0.15) is 10.4 Å². The second kappa shape index (κ2) is 6.58. The van der Waals surface area contributed by atoms with Gasteiger partial charge in [0.2, 0.25) is 0 Å². The number of hydrogen-bond donors (Lipinski definition) is 3. The lowest BCUT2D eigenvalue weighted by Gasteiger charge is -2.11. The van der Waals surface area contributed by atoms with Gasteiger partial charge in [0.1, 0.15) is 5.82 Å². The van der Waals surface area contributed by atoms with E-state index < -0.39 is 0 Å². The third kappa shape index (κ3) is 3.99. The molecule has 0 saturated heterocycles. The quantitative estimate of drug-likeness (QED) is 0.582. The van der Waals surface area contributed by atoms with Gasteiger partial charge in [0, 0.05) is 23.6 Å². The Morgan fingerprint density at radius 1 is 1.05 bits per heavy atom. The summed E-state index contributed by atoms with van der Waals surface area (Å²) in [6.07, 6.45) is 3.04. The van der Waals surface area contributed by atoms with Crippen LogP contribution in [0.25, 0.3) is 0 Å². The summed E-state index contributed by atoms with van der Waals surface area (Å²) in [4.78, 5) is 15.5. The Morgan fingerprint density at radius 3 is 2.35 bits per heavy atom. The number of hydrazine groups is 1. The zero-order chi connectivity index (χ0) is 14.4. The van der Waals surface area contributed by atoms with Gasteiger partial charge in [-0.25, -0.2) is 4.39 Å². The first kappa shape index (κ1) is 13.9. The van der Waals surface area contributed by atoms with Gasteiger partial charge in [-0.05, 0) is 48.6 Å². The molecule has 0 aliphatic rings. The summed E-state index contributed by atoms with van der Waals surface area (Å²) in [6.45, 7) is 0. The van der Waals surface area contributed by atoms with Crippen molar-refractivity contribution in [3.63, 3.8) is 0 Å². The molecule has 1 heterocycles. The Kier molecular flexibility index (Phi) is 4.56. The van der Waals surface area contributed by atoms with Gasteiger partial charge in [-0.1, -0.05) is 0 Å². The van der Waals surface area contributed by atoms with Crippen LogP contribution in [0.2, 0.25) is 0 Å². The molecular formula is C13H11FN4OS. The number of anilines is 1. The number of carbonyl (C=O) groups is 1. The van der Waals surface area contributed by atoms with Gasteiger partial charge in [-0.15, -0.1) is 0 Å². The third-order valence-corrected chi connectivity index (χ3v) is 2.54. The molecule has 0 spiro atoms. The first-order valence-electron chi connectivity index (χ1n) is 5.68. The highest BCUT2D eigenvalue weighted by molar-refractivity contribution is 7.80. The summed E-state index contributed by atoms with van der Waals surface area (Å²) in [7, 11) is 0. The van der Waals surface area contributed by atoms with Crippen molar-refractivity contribution in [2.45, 2.75) is 0 Å². The van der Waals surface area contributed by atoms with E-state index >= 15 is 0 Å². The third-order valence-electron chi connectivity index (χ3n) is 2.33. The normalized spacial score (nSPS) is 9.65. The zero-order valence-electron chi connectivity index (χ0n) is 10.3. The molecule has 1 aromatic heterocycles. The zero-order valence-corrected chi connectivity index (χ0v) is 11.1. The van der Waals surface area contributed by atoms with Gasteiger partial charge in [-0.3, -0.25) is 20.6 Å². The van der Waals surface area contributed by atoms with Crippen molar-refractivity contribution in [3.8, 4) is 0 Å². The summed E-state index contributed by atoms with van der Waals surface area (Å²) < 4.78 is 12.7. The van der Waals surface area contributed by atoms with E-state index in [1.54, 1.807) is 12.1 Å². The van der Waals surface area contributed by atoms with Crippen molar-refractivity contribution >= 4 is 28.9 Å². The van der Waals surface area contributed by atoms with Crippen LogP contribution in [0.3, 0.4) is 0 Å². The van der Waals surface area contributed by atoms with Gasteiger partial charge < -0.3 is 5.32 Å². The summed E-state index contributed by atoms with van der Waals surface area (Å²) in [5.41, 5.74) is 6.06. The van der Waals surface area contributed by atoms with Gasteiger partial charge in [0.25, 0.3) is 5.91 Å². The molecule has 20 heavy (non-hydrogen) atoms. The molecule has 0 bridgehead atoms. The smallest absolute Gasteiger partial charge is 0.269 e. The minimum Gasteiger partial charge on any atom is -0.331 e. The summed E-state index contributed by atoms with van der Waals surface area (Å²) in [5.74, 6) is -0.670. The van der Waals surface area contributed by atoms with Gasteiger partial charge in [-0.2, -0.15) is 0 Å². The topological polar surface area (TPSA) is 66.1 Å². The van der Waals surface area contributed by atoms with Gasteiger partial charge in [0.05, 0.1) is 0 Å². The van der Waals surface area contributed by atoms with Crippen LogP contribution in [-0.4, -0.2) is 16.0 Å². The van der Waals surface area contributed by atoms with E-state index in [-0.39, 0.29) is 16.8 Å². The minimum absolute atomic E-state index is 0.194. The predicted octanol–water partition coefficient (Wildman–Crippen LogP) is 1.85. The molecule has 0 unspecified atom stereocenters. The van der Waals surface area contributed by atoms with E-state index in [4.69, 9.17) is 12.2 Å². The Balaban J connectivity index is 1.83. The van der Waals surface area contributed by atoms with E-state index in [1.807, 2.05) is 0 Å². The lowest BCUT2D eigenvalue weighted by atomic mass is 10.3.